The molecule has 3 nitrogen and oxygen atoms in total. The largest absolute Gasteiger partial charge is 0.385 e. The molecule has 0 bridgehead atoms. The van der Waals surface area contributed by atoms with Gasteiger partial charge < -0.3 is 14.6 Å². The van der Waals surface area contributed by atoms with E-state index in [1.165, 1.54) is 0 Å². The fourth-order valence-corrected chi connectivity index (χ4v) is 0.783. The summed E-state index contributed by atoms with van der Waals surface area (Å²) >= 11 is 0. The summed E-state index contributed by atoms with van der Waals surface area (Å²) in [5.74, 6) is 0. The van der Waals surface area contributed by atoms with Crippen LogP contribution in [0, 0.1) is 0 Å². The molecule has 0 aromatic rings. The molecule has 0 rings (SSSR count). The zero-order valence-electron chi connectivity index (χ0n) is 6.89. The Labute approximate surface area is 62.0 Å². The molecule has 0 saturated heterocycles. The van der Waals surface area contributed by atoms with E-state index >= 15 is 0 Å². The number of hydrogen-bond acceptors (Lipinski definition) is 3. The third kappa shape index (κ3) is 3.15. The van der Waals surface area contributed by atoms with Crippen LogP contribution < -0.4 is 0 Å². The van der Waals surface area contributed by atoms with Crippen LogP contribution in [0.5, 0.6) is 0 Å². The maximum Gasteiger partial charge on any atom is 0.111 e. The molecule has 0 heterocycles. The van der Waals surface area contributed by atoms with Gasteiger partial charge in [-0.3, -0.25) is 0 Å². The minimum Gasteiger partial charge on any atom is -0.385 e. The molecule has 0 atom stereocenters. The SMILES string of the molecule is CCC(O)(COC)COC. The molecule has 0 amide bonds. The Morgan fingerprint density at radius 1 is 1.20 bits per heavy atom. The molecule has 0 fully saturated rings. The van der Waals surface area contributed by atoms with Crippen LogP contribution in [0.2, 0.25) is 0 Å². The quantitative estimate of drug-likeness (QED) is 0.614. The Morgan fingerprint density at radius 2 is 1.60 bits per heavy atom. The third-order valence-electron chi connectivity index (χ3n) is 1.48. The van der Waals surface area contributed by atoms with Crippen molar-refractivity contribution in [2.45, 2.75) is 18.9 Å². The average molecular weight is 148 g/mol. The molecule has 0 aliphatic carbocycles. The molecule has 0 radical (unpaired) electrons. The van der Waals surface area contributed by atoms with Gasteiger partial charge in [-0.15, -0.1) is 0 Å². The zero-order chi connectivity index (χ0) is 8.04. The molecule has 0 aromatic heterocycles. The van der Waals surface area contributed by atoms with Crippen LogP contribution in [0.1, 0.15) is 13.3 Å². The summed E-state index contributed by atoms with van der Waals surface area (Å²) in [4.78, 5) is 0. The summed E-state index contributed by atoms with van der Waals surface area (Å²) in [6, 6.07) is 0. The second-order valence-electron chi connectivity index (χ2n) is 2.44. The standard InChI is InChI=1S/C7H16O3/c1-4-7(8,5-9-2)6-10-3/h8H,4-6H2,1-3H3. The van der Waals surface area contributed by atoms with Gasteiger partial charge in [0.1, 0.15) is 5.60 Å². The topological polar surface area (TPSA) is 38.7 Å². The van der Waals surface area contributed by atoms with Gasteiger partial charge in [0.2, 0.25) is 0 Å². The van der Waals surface area contributed by atoms with Crippen molar-refractivity contribution in [2.75, 3.05) is 27.4 Å². The van der Waals surface area contributed by atoms with Gasteiger partial charge in [0.15, 0.2) is 0 Å². The molecule has 62 valence electrons. The van der Waals surface area contributed by atoms with Crippen molar-refractivity contribution in [3.8, 4) is 0 Å². The Kier molecular flexibility index (Phi) is 4.60. The van der Waals surface area contributed by atoms with Crippen molar-refractivity contribution in [1.29, 1.82) is 0 Å². The molecule has 0 unspecified atom stereocenters. The molecule has 3 heteroatoms. The van der Waals surface area contributed by atoms with E-state index in [1.54, 1.807) is 14.2 Å². The summed E-state index contributed by atoms with van der Waals surface area (Å²) < 4.78 is 9.64. The second kappa shape index (κ2) is 4.66. The Hall–Kier alpha value is -0.120. The van der Waals surface area contributed by atoms with Gasteiger partial charge in [0.25, 0.3) is 0 Å². The van der Waals surface area contributed by atoms with Gasteiger partial charge >= 0.3 is 0 Å². The van der Waals surface area contributed by atoms with E-state index in [1.807, 2.05) is 6.92 Å². The Balaban J connectivity index is 3.69. The molecule has 1 N–H and O–H groups in total. The van der Waals surface area contributed by atoms with E-state index in [-0.39, 0.29) is 0 Å². The van der Waals surface area contributed by atoms with Gasteiger partial charge in [0.05, 0.1) is 13.2 Å². The van der Waals surface area contributed by atoms with Crippen LogP contribution >= 0.6 is 0 Å². The lowest BCUT2D eigenvalue weighted by atomic mass is 10.0. The smallest absolute Gasteiger partial charge is 0.111 e. The first-order chi connectivity index (χ1) is 4.68. The van der Waals surface area contributed by atoms with Crippen LogP contribution in [0.15, 0.2) is 0 Å². The summed E-state index contributed by atoms with van der Waals surface area (Å²) in [5.41, 5.74) is -0.802. The molecular weight excluding hydrogens is 132 g/mol. The molecule has 0 aliphatic rings. The first kappa shape index (κ1) is 9.88. The number of rotatable bonds is 5. The van der Waals surface area contributed by atoms with Crippen LogP contribution in [0.25, 0.3) is 0 Å². The minimum absolute atomic E-state index is 0.331. The van der Waals surface area contributed by atoms with E-state index in [4.69, 9.17) is 9.47 Å². The van der Waals surface area contributed by atoms with Gasteiger partial charge in [-0.2, -0.15) is 0 Å². The number of methoxy groups -OCH3 is 2. The van der Waals surface area contributed by atoms with E-state index in [9.17, 15) is 5.11 Å². The van der Waals surface area contributed by atoms with Crippen molar-refractivity contribution in [3.63, 3.8) is 0 Å². The number of ether oxygens (including phenoxy) is 2. The average Bonchev–Trinajstić information content (AvgIpc) is 1.89. The monoisotopic (exact) mass is 148 g/mol. The van der Waals surface area contributed by atoms with Crippen molar-refractivity contribution in [1.82, 2.24) is 0 Å². The fraction of sp³-hybridized carbons (Fsp3) is 1.00. The van der Waals surface area contributed by atoms with E-state index in [2.05, 4.69) is 0 Å². The van der Waals surface area contributed by atoms with Gasteiger partial charge in [-0.25, -0.2) is 0 Å². The zero-order valence-corrected chi connectivity index (χ0v) is 6.89. The molecule has 0 spiro atoms. The first-order valence-electron chi connectivity index (χ1n) is 3.39. The lowest BCUT2D eigenvalue weighted by Gasteiger charge is -2.24. The Bertz CT molecular complexity index is 76.9. The molecule has 0 aromatic carbocycles. The predicted molar refractivity (Wildman–Crippen MR) is 39.0 cm³/mol. The van der Waals surface area contributed by atoms with E-state index in [0.717, 1.165) is 0 Å². The maximum absolute atomic E-state index is 9.57. The predicted octanol–water partition coefficient (Wildman–Crippen LogP) is 0.420. The fourth-order valence-electron chi connectivity index (χ4n) is 0.783. The normalized spacial score (nSPS) is 12.0. The van der Waals surface area contributed by atoms with Crippen molar-refractivity contribution in [3.05, 3.63) is 0 Å². The summed E-state index contributed by atoms with van der Waals surface area (Å²) in [6.45, 7) is 2.56. The van der Waals surface area contributed by atoms with Gasteiger partial charge in [-0.1, -0.05) is 6.92 Å². The number of hydrogen-bond donors (Lipinski definition) is 1. The lowest BCUT2D eigenvalue weighted by molar-refractivity contribution is -0.0790. The second-order valence-corrected chi connectivity index (χ2v) is 2.44. The highest BCUT2D eigenvalue weighted by Crippen LogP contribution is 2.09. The molecule has 0 saturated carbocycles. The van der Waals surface area contributed by atoms with Crippen LogP contribution in [0.4, 0.5) is 0 Å². The first-order valence-corrected chi connectivity index (χ1v) is 3.39. The van der Waals surface area contributed by atoms with Crippen LogP contribution in [-0.4, -0.2) is 38.1 Å². The van der Waals surface area contributed by atoms with Gasteiger partial charge in [0, 0.05) is 14.2 Å². The van der Waals surface area contributed by atoms with E-state index < -0.39 is 5.60 Å². The van der Waals surface area contributed by atoms with Crippen LogP contribution in [-0.2, 0) is 9.47 Å². The molecule has 0 aliphatic heterocycles. The molecule has 10 heavy (non-hydrogen) atoms. The summed E-state index contributed by atoms with van der Waals surface area (Å²) in [6.07, 6.45) is 0.648. The van der Waals surface area contributed by atoms with Gasteiger partial charge in [-0.05, 0) is 6.42 Å². The van der Waals surface area contributed by atoms with Crippen molar-refractivity contribution in [2.24, 2.45) is 0 Å². The maximum atomic E-state index is 9.57. The van der Waals surface area contributed by atoms with Crippen molar-refractivity contribution >= 4 is 0 Å². The van der Waals surface area contributed by atoms with E-state index in [0.29, 0.717) is 19.6 Å². The highest BCUT2D eigenvalue weighted by atomic mass is 16.5. The molecular formula is C7H16O3. The number of aliphatic hydroxyl groups is 1. The summed E-state index contributed by atoms with van der Waals surface area (Å²) in [5, 5.41) is 9.57. The third-order valence-corrected chi connectivity index (χ3v) is 1.48. The van der Waals surface area contributed by atoms with Crippen molar-refractivity contribution < 1.29 is 14.6 Å². The highest BCUT2D eigenvalue weighted by molar-refractivity contribution is 4.74. The highest BCUT2D eigenvalue weighted by Gasteiger charge is 2.23. The lowest BCUT2D eigenvalue weighted by Crippen LogP contribution is -2.38. The minimum atomic E-state index is -0.802. The summed E-state index contributed by atoms with van der Waals surface area (Å²) in [7, 11) is 3.13. The van der Waals surface area contributed by atoms with Crippen LogP contribution in [0.3, 0.4) is 0 Å². The Morgan fingerprint density at radius 3 is 1.80 bits per heavy atom.